The van der Waals surface area contributed by atoms with Crippen molar-refractivity contribution < 1.29 is 4.79 Å². The summed E-state index contributed by atoms with van der Waals surface area (Å²) in [5.74, 6) is 0. The number of piperidine rings is 1. The fourth-order valence-electron chi connectivity index (χ4n) is 1.59. The van der Waals surface area contributed by atoms with Gasteiger partial charge in [0, 0.05) is 19.1 Å². The average molecular weight is 183 g/mol. The molecule has 2 aliphatic rings. The van der Waals surface area contributed by atoms with Crippen molar-refractivity contribution in [2.24, 2.45) is 0 Å². The molecule has 0 atom stereocenters. The number of nitrogens with one attached hydrogen (secondary N) is 2. The van der Waals surface area contributed by atoms with Crippen LogP contribution in [-0.4, -0.2) is 30.2 Å². The van der Waals surface area contributed by atoms with Crippen molar-refractivity contribution in [3.8, 4) is 0 Å². The van der Waals surface area contributed by atoms with Gasteiger partial charge in [0.1, 0.15) is 0 Å². The van der Waals surface area contributed by atoms with E-state index in [2.05, 4.69) is 10.7 Å². The fourth-order valence-corrected chi connectivity index (χ4v) is 1.59. The van der Waals surface area contributed by atoms with E-state index in [1.807, 2.05) is 5.01 Å². The molecule has 74 valence electrons. The van der Waals surface area contributed by atoms with Crippen LogP contribution in [0.15, 0.2) is 0 Å². The predicted molar refractivity (Wildman–Crippen MR) is 50.1 cm³/mol. The van der Waals surface area contributed by atoms with Gasteiger partial charge in [0.25, 0.3) is 0 Å². The van der Waals surface area contributed by atoms with Crippen LogP contribution < -0.4 is 10.7 Å². The van der Waals surface area contributed by atoms with Gasteiger partial charge >= 0.3 is 6.03 Å². The summed E-state index contributed by atoms with van der Waals surface area (Å²) >= 11 is 0. The molecule has 0 aromatic rings. The summed E-state index contributed by atoms with van der Waals surface area (Å²) in [7, 11) is 0. The molecule has 0 spiro atoms. The largest absolute Gasteiger partial charge is 0.334 e. The number of urea groups is 1. The van der Waals surface area contributed by atoms with E-state index < -0.39 is 0 Å². The molecule has 13 heavy (non-hydrogen) atoms. The molecule has 0 aromatic carbocycles. The molecule has 4 heteroatoms. The van der Waals surface area contributed by atoms with Gasteiger partial charge < -0.3 is 5.32 Å². The summed E-state index contributed by atoms with van der Waals surface area (Å²) in [4.78, 5) is 11.3. The van der Waals surface area contributed by atoms with Gasteiger partial charge in [0.05, 0.1) is 0 Å². The first-order chi connectivity index (χ1) is 6.34. The smallest absolute Gasteiger partial charge is 0.329 e. The van der Waals surface area contributed by atoms with E-state index in [0.717, 1.165) is 25.9 Å². The lowest BCUT2D eigenvalue weighted by molar-refractivity contribution is 0.154. The molecule has 0 radical (unpaired) electrons. The van der Waals surface area contributed by atoms with E-state index in [1.54, 1.807) is 0 Å². The molecule has 2 fully saturated rings. The number of hydrazine groups is 1. The van der Waals surface area contributed by atoms with Gasteiger partial charge in [-0.2, -0.15) is 0 Å². The first-order valence-electron chi connectivity index (χ1n) is 5.17. The molecule has 2 amide bonds. The lowest BCUT2D eigenvalue weighted by atomic mass is 10.2. The molecule has 0 unspecified atom stereocenters. The van der Waals surface area contributed by atoms with Gasteiger partial charge in [-0.1, -0.05) is 6.42 Å². The van der Waals surface area contributed by atoms with Gasteiger partial charge in [0.15, 0.2) is 0 Å². The van der Waals surface area contributed by atoms with Crippen molar-refractivity contribution in [1.82, 2.24) is 15.8 Å². The minimum Gasteiger partial charge on any atom is -0.334 e. The van der Waals surface area contributed by atoms with Crippen LogP contribution in [0.25, 0.3) is 0 Å². The Labute approximate surface area is 78.6 Å². The molecule has 1 saturated heterocycles. The van der Waals surface area contributed by atoms with Gasteiger partial charge in [-0.25, -0.2) is 9.80 Å². The molecule has 1 saturated carbocycles. The highest BCUT2D eigenvalue weighted by Crippen LogP contribution is 2.18. The highest BCUT2D eigenvalue weighted by atomic mass is 16.2. The SMILES string of the molecule is O=C(NC1CC1)NN1CCCCC1. The third kappa shape index (κ3) is 2.88. The van der Waals surface area contributed by atoms with Crippen LogP contribution in [0.5, 0.6) is 0 Å². The van der Waals surface area contributed by atoms with Crippen molar-refractivity contribution in [1.29, 1.82) is 0 Å². The van der Waals surface area contributed by atoms with E-state index in [-0.39, 0.29) is 6.03 Å². The minimum absolute atomic E-state index is 0.0237. The molecular weight excluding hydrogens is 166 g/mol. The molecule has 1 aliphatic heterocycles. The van der Waals surface area contributed by atoms with Crippen LogP contribution in [0.4, 0.5) is 4.79 Å². The zero-order valence-corrected chi connectivity index (χ0v) is 7.88. The third-order valence-corrected chi connectivity index (χ3v) is 2.53. The Balaban J connectivity index is 1.66. The summed E-state index contributed by atoms with van der Waals surface area (Å²) in [5.41, 5.74) is 2.87. The van der Waals surface area contributed by atoms with Crippen LogP contribution in [0.2, 0.25) is 0 Å². The molecular formula is C9H17N3O. The van der Waals surface area contributed by atoms with E-state index >= 15 is 0 Å². The maximum atomic E-state index is 11.3. The second-order valence-electron chi connectivity index (χ2n) is 3.91. The summed E-state index contributed by atoms with van der Waals surface area (Å²) in [6.45, 7) is 2.00. The van der Waals surface area contributed by atoms with Crippen LogP contribution in [0, 0.1) is 0 Å². The second-order valence-corrected chi connectivity index (χ2v) is 3.91. The average Bonchev–Trinajstić information content (AvgIpc) is 2.90. The highest BCUT2D eigenvalue weighted by Gasteiger charge is 2.24. The van der Waals surface area contributed by atoms with Gasteiger partial charge in [-0.3, -0.25) is 5.43 Å². The Morgan fingerprint density at radius 3 is 2.46 bits per heavy atom. The number of amides is 2. The molecule has 0 aromatic heterocycles. The highest BCUT2D eigenvalue weighted by molar-refractivity contribution is 5.73. The van der Waals surface area contributed by atoms with Gasteiger partial charge in [0.2, 0.25) is 0 Å². The lowest BCUT2D eigenvalue weighted by Gasteiger charge is -2.26. The second kappa shape index (κ2) is 3.96. The van der Waals surface area contributed by atoms with Gasteiger partial charge in [-0.05, 0) is 25.7 Å². The van der Waals surface area contributed by atoms with E-state index in [4.69, 9.17) is 0 Å². The monoisotopic (exact) mass is 183 g/mol. The minimum atomic E-state index is -0.0237. The Bertz CT molecular complexity index is 185. The molecule has 2 N–H and O–H groups in total. The Morgan fingerprint density at radius 1 is 1.15 bits per heavy atom. The normalized spacial score (nSPS) is 24.0. The van der Waals surface area contributed by atoms with E-state index in [9.17, 15) is 4.79 Å². The van der Waals surface area contributed by atoms with Crippen LogP contribution in [-0.2, 0) is 0 Å². The summed E-state index contributed by atoms with van der Waals surface area (Å²) in [6.07, 6.45) is 5.98. The number of rotatable bonds is 2. The Morgan fingerprint density at radius 2 is 1.85 bits per heavy atom. The number of carbonyl (C=O) groups excluding carboxylic acids is 1. The molecule has 2 rings (SSSR count). The van der Waals surface area contributed by atoms with Crippen molar-refractivity contribution in [2.75, 3.05) is 13.1 Å². The number of nitrogens with zero attached hydrogens (tertiary/aromatic N) is 1. The number of carbonyl (C=O) groups is 1. The van der Waals surface area contributed by atoms with Crippen molar-refractivity contribution in [3.05, 3.63) is 0 Å². The summed E-state index contributed by atoms with van der Waals surface area (Å²) in [6, 6.07) is 0.425. The third-order valence-electron chi connectivity index (χ3n) is 2.53. The standard InChI is InChI=1S/C9H17N3O/c13-9(10-8-4-5-8)11-12-6-2-1-3-7-12/h8H,1-7H2,(H2,10,11,13). The summed E-state index contributed by atoms with van der Waals surface area (Å²) in [5, 5.41) is 4.92. The number of hydrogen-bond acceptors (Lipinski definition) is 2. The zero-order chi connectivity index (χ0) is 9.10. The van der Waals surface area contributed by atoms with Gasteiger partial charge in [-0.15, -0.1) is 0 Å². The Kier molecular flexibility index (Phi) is 2.68. The van der Waals surface area contributed by atoms with Crippen molar-refractivity contribution >= 4 is 6.03 Å². The maximum absolute atomic E-state index is 11.3. The number of hydrogen-bond donors (Lipinski definition) is 2. The maximum Gasteiger partial charge on any atom is 0.329 e. The molecule has 1 aliphatic carbocycles. The zero-order valence-electron chi connectivity index (χ0n) is 7.88. The topological polar surface area (TPSA) is 44.4 Å². The van der Waals surface area contributed by atoms with E-state index in [1.165, 1.54) is 19.3 Å². The predicted octanol–water partition coefficient (Wildman–Crippen LogP) is 0.849. The quantitative estimate of drug-likeness (QED) is 0.666. The first kappa shape index (κ1) is 8.81. The van der Waals surface area contributed by atoms with Crippen LogP contribution in [0.1, 0.15) is 32.1 Å². The molecule has 0 bridgehead atoms. The van der Waals surface area contributed by atoms with E-state index in [0.29, 0.717) is 6.04 Å². The summed E-state index contributed by atoms with van der Waals surface area (Å²) < 4.78 is 0. The lowest BCUT2D eigenvalue weighted by Crippen LogP contribution is -2.49. The Hall–Kier alpha value is -0.770. The first-order valence-corrected chi connectivity index (χ1v) is 5.17. The van der Waals surface area contributed by atoms with Crippen molar-refractivity contribution in [3.63, 3.8) is 0 Å². The molecule has 1 heterocycles. The van der Waals surface area contributed by atoms with Crippen LogP contribution in [0.3, 0.4) is 0 Å². The van der Waals surface area contributed by atoms with Crippen molar-refractivity contribution in [2.45, 2.75) is 38.1 Å². The fraction of sp³-hybridized carbons (Fsp3) is 0.889. The van der Waals surface area contributed by atoms with Crippen LogP contribution >= 0.6 is 0 Å². The molecule has 4 nitrogen and oxygen atoms in total.